The van der Waals surface area contributed by atoms with E-state index in [4.69, 9.17) is 9.47 Å². The fourth-order valence-corrected chi connectivity index (χ4v) is 5.18. The van der Waals surface area contributed by atoms with Crippen LogP contribution in [0, 0.1) is 13.8 Å². The molecule has 4 aromatic rings. The summed E-state index contributed by atoms with van der Waals surface area (Å²) in [5, 5.41) is 0. The summed E-state index contributed by atoms with van der Waals surface area (Å²) in [4.78, 5) is 11.8. The van der Waals surface area contributed by atoms with Crippen molar-refractivity contribution in [2.24, 2.45) is 0 Å². The first-order chi connectivity index (χ1) is 16.0. The molecule has 3 heteroatoms. The van der Waals surface area contributed by atoms with Crippen LogP contribution in [0.25, 0.3) is 11.1 Å². The molecule has 33 heavy (non-hydrogen) atoms. The van der Waals surface area contributed by atoms with E-state index in [2.05, 4.69) is 79.7 Å². The van der Waals surface area contributed by atoms with E-state index in [1.807, 2.05) is 19.1 Å². The van der Waals surface area contributed by atoms with E-state index in [0.29, 0.717) is 5.75 Å². The van der Waals surface area contributed by atoms with Gasteiger partial charge in [0.15, 0.2) is 0 Å². The van der Waals surface area contributed by atoms with Gasteiger partial charge in [0.25, 0.3) is 0 Å². The van der Waals surface area contributed by atoms with Gasteiger partial charge in [-0.3, -0.25) is 4.79 Å². The molecule has 0 fully saturated rings. The van der Waals surface area contributed by atoms with Crippen molar-refractivity contribution in [1.82, 2.24) is 0 Å². The Morgan fingerprint density at radius 2 is 1.18 bits per heavy atom. The summed E-state index contributed by atoms with van der Waals surface area (Å²) in [6, 6.07) is 29.7. The molecule has 0 bridgehead atoms. The third kappa shape index (κ3) is 3.15. The van der Waals surface area contributed by atoms with E-state index < -0.39 is 5.41 Å². The van der Waals surface area contributed by atoms with Gasteiger partial charge in [0, 0.05) is 6.92 Å². The standard InChI is InChI=1S/C30H26O3/c1-19-13-15-22(17-28(19)32-4)30(23-16-14-20(2)29(18-23)33-21(3)31)26-11-7-5-9-24(26)25-10-6-8-12-27(25)30/h5-18H,1-4H3. The van der Waals surface area contributed by atoms with Crippen molar-refractivity contribution in [3.8, 4) is 22.6 Å². The fourth-order valence-electron chi connectivity index (χ4n) is 5.18. The van der Waals surface area contributed by atoms with Crippen molar-refractivity contribution in [1.29, 1.82) is 0 Å². The molecule has 0 N–H and O–H groups in total. The van der Waals surface area contributed by atoms with E-state index in [9.17, 15) is 4.79 Å². The zero-order valence-electron chi connectivity index (χ0n) is 19.3. The highest BCUT2D eigenvalue weighted by Crippen LogP contribution is 2.56. The molecule has 0 aromatic heterocycles. The molecular formula is C30H26O3. The molecule has 0 unspecified atom stereocenters. The van der Waals surface area contributed by atoms with E-state index >= 15 is 0 Å². The maximum absolute atomic E-state index is 11.8. The van der Waals surface area contributed by atoms with Gasteiger partial charge in [0.2, 0.25) is 0 Å². The molecule has 1 aliphatic rings. The van der Waals surface area contributed by atoms with E-state index in [-0.39, 0.29) is 5.97 Å². The highest BCUT2D eigenvalue weighted by Gasteiger charge is 2.46. The summed E-state index contributed by atoms with van der Waals surface area (Å²) >= 11 is 0. The molecule has 3 nitrogen and oxygen atoms in total. The van der Waals surface area contributed by atoms with Crippen molar-refractivity contribution in [3.05, 3.63) is 118 Å². The van der Waals surface area contributed by atoms with Crippen molar-refractivity contribution < 1.29 is 14.3 Å². The minimum atomic E-state index is -0.573. The molecule has 1 aliphatic carbocycles. The molecule has 0 saturated carbocycles. The van der Waals surface area contributed by atoms with E-state index in [1.165, 1.54) is 29.2 Å². The Bertz CT molecular complexity index is 1340. The highest BCUT2D eigenvalue weighted by atomic mass is 16.5. The third-order valence-electron chi connectivity index (χ3n) is 6.67. The number of hydrogen-bond acceptors (Lipinski definition) is 3. The average molecular weight is 435 g/mol. The first kappa shape index (κ1) is 21.0. The van der Waals surface area contributed by atoms with Gasteiger partial charge in [-0.15, -0.1) is 0 Å². The minimum Gasteiger partial charge on any atom is -0.496 e. The number of esters is 1. The van der Waals surface area contributed by atoms with Crippen molar-refractivity contribution >= 4 is 5.97 Å². The molecule has 0 spiro atoms. The molecule has 5 rings (SSSR count). The average Bonchev–Trinajstić information content (AvgIpc) is 3.12. The second-order valence-corrected chi connectivity index (χ2v) is 8.60. The number of ether oxygens (including phenoxy) is 2. The first-order valence-corrected chi connectivity index (χ1v) is 11.1. The Kier molecular flexibility index (Phi) is 5.05. The summed E-state index contributed by atoms with van der Waals surface area (Å²) in [5.41, 5.74) is 8.42. The molecule has 0 radical (unpaired) electrons. The van der Waals surface area contributed by atoms with Gasteiger partial charge >= 0.3 is 5.97 Å². The van der Waals surface area contributed by atoms with Gasteiger partial charge in [-0.1, -0.05) is 72.8 Å². The fraction of sp³-hybridized carbons (Fsp3) is 0.167. The molecule has 0 amide bonds. The monoisotopic (exact) mass is 434 g/mol. The van der Waals surface area contributed by atoms with Crippen LogP contribution in [0.3, 0.4) is 0 Å². The summed E-state index contributed by atoms with van der Waals surface area (Å²) in [6.45, 7) is 5.45. The molecule has 0 atom stereocenters. The minimum absolute atomic E-state index is 0.325. The lowest BCUT2D eigenvalue weighted by Crippen LogP contribution is -2.29. The van der Waals surface area contributed by atoms with Gasteiger partial charge in [-0.25, -0.2) is 0 Å². The largest absolute Gasteiger partial charge is 0.496 e. The lowest BCUT2D eigenvalue weighted by Gasteiger charge is -2.34. The molecule has 0 aliphatic heterocycles. The topological polar surface area (TPSA) is 35.5 Å². The van der Waals surface area contributed by atoms with Crippen LogP contribution in [0.4, 0.5) is 0 Å². The maximum Gasteiger partial charge on any atom is 0.308 e. The predicted molar refractivity (Wildman–Crippen MR) is 131 cm³/mol. The Morgan fingerprint density at radius 3 is 1.70 bits per heavy atom. The van der Waals surface area contributed by atoms with E-state index in [0.717, 1.165) is 28.0 Å². The lowest BCUT2D eigenvalue weighted by atomic mass is 9.67. The zero-order chi connectivity index (χ0) is 23.2. The lowest BCUT2D eigenvalue weighted by molar-refractivity contribution is -0.131. The molecule has 4 aromatic carbocycles. The number of hydrogen-bond donors (Lipinski definition) is 0. The zero-order valence-corrected chi connectivity index (χ0v) is 19.3. The maximum atomic E-state index is 11.8. The molecule has 0 heterocycles. The summed E-state index contributed by atoms with van der Waals surface area (Å²) in [7, 11) is 1.71. The van der Waals surface area contributed by atoms with Crippen LogP contribution < -0.4 is 9.47 Å². The van der Waals surface area contributed by atoms with Gasteiger partial charge < -0.3 is 9.47 Å². The number of aryl methyl sites for hydroxylation is 2. The molecule has 164 valence electrons. The van der Waals surface area contributed by atoms with Gasteiger partial charge in [0.1, 0.15) is 11.5 Å². The Labute approximate surface area is 194 Å². The van der Waals surface area contributed by atoms with Gasteiger partial charge in [0.05, 0.1) is 12.5 Å². The van der Waals surface area contributed by atoms with Crippen LogP contribution in [0.5, 0.6) is 11.5 Å². The summed E-state index contributed by atoms with van der Waals surface area (Å²) < 4.78 is 11.3. The van der Waals surface area contributed by atoms with Crippen molar-refractivity contribution in [3.63, 3.8) is 0 Å². The third-order valence-corrected chi connectivity index (χ3v) is 6.67. The van der Waals surface area contributed by atoms with Crippen LogP contribution in [-0.4, -0.2) is 13.1 Å². The second-order valence-electron chi connectivity index (χ2n) is 8.60. The normalized spacial score (nSPS) is 13.2. The number of methoxy groups -OCH3 is 1. The number of carbonyl (C=O) groups is 1. The number of benzene rings is 4. The van der Waals surface area contributed by atoms with Crippen molar-refractivity contribution in [2.45, 2.75) is 26.2 Å². The van der Waals surface area contributed by atoms with Gasteiger partial charge in [-0.05, 0) is 70.5 Å². The van der Waals surface area contributed by atoms with Crippen LogP contribution >= 0.6 is 0 Å². The van der Waals surface area contributed by atoms with Gasteiger partial charge in [-0.2, -0.15) is 0 Å². The number of rotatable bonds is 4. The molecular weight excluding hydrogens is 408 g/mol. The Hall–Kier alpha value is -3.85. The number of carbonyl (C=O) groups excluding carboxylic acids is 1. The first-order valence-electron chi connectivity index (χ1n) is 11.1. The second kappa shape index (κ2) is 7.93. The summed E-state index contributed by atoms with van der Waals surface area (Å²) in [5.74, 6) is 1.11. The van der Waals surface area contributed by atoms with Crippen molar-refractivity contribution in [2.75, 3.05) is 7.11 Å². The number of fused-ring (bicyclic) bond motifs is 3. The Morgan fingerprint density at radius 1 is 0.697 bits per heavy atom. The van der Waals surface area contributed by atoms with Crippen LogP contribution in [0.15, 0.2) is 84.9 Å². The van der Waals surface area contributed by atoms with Crippen LogP contribution in [-0.2, 0) is 10.2 Å². The Balaban J connectivity index is 1.91. The highest BCUT2D eigenvalue weighted by molar-refractivity contribution is 5.86. The smallest absolute Gasteiger partial charge is 0.308 e. The predicted octanol–water partition coefficient (Wildman–Crippen LogP) is 6.60. The summed E-state index contributed by atoms with van der Waals surface area (Å²) in [6.07, 6.45) is 0. The van der Waals surface area contributed by atoms with Crippen LogP contribution in [0.1, 0.15) is 40.3 Å². The van der Waals surface area contributed by atoms with Crippen LogP contribution in [0.2, 0.25) is 0 Å². The molecule has 0 saturated heterocycles. The quantitative estimate of drug-likeness (QED) is 0.236. The van der Waals surface area contributed by atoms with E-state index in [1.54, 1.807) is 7.11 Å². The SMILES string of the molecule is COc1cc(C2(c3ccc(C)c(OC(C)=O)c3)c3ccccc3-c3ccccc32)ccc1C.